The predicted molar refractivity (Wildman–Crippen MR) is 107 cm³/mol. The minimum Gasteiger partial charge on any atom is -0.299 e. The van der Waals surface area contributed by atoms with Crippen LogP contribution >= 0.6 is 31.9 Å². The van der Waals surface area contributed by atoms with Crippen molar-refractivity contribution in [3.63, 3.8) is 0 Å². The topological polar surface area (TPSA) is 34.1 Å². The molecule has 0 aromatic heterocycles. The number of hydrogen-bond acceptors (Lipinski definition) is 2. The molecule has 136 valence electrons. The van der Waals surface area contributed by atoms with E-state index in [4.69, 9.17) is 0 Å². The number of allylic oxidation sites excluding steroid dienone is 2. The molecular formula is C21H26Br2O2. The van der Waals surface area contributed by atoms with Gasteiger partial charge in [-0.05, 0) is 76.4 Å². The SMILES string of the molecule is C=C1C[C@@H]2[C@@H](CC[C@]3(C)C(=O)CC[C@@H]23)[C@]2(C)C1=C(Br)C(=O)C(Br)C2C. The van der Waals surface area contributed by atoms with Gasteiger partial charge in [0.1, 0.15) is 5.78 Å². The molecule has 0 aromatic carbocycles. The van der Waals surface area contributed by atoms with Gasteiger partial charge in [-0.25, -0.2) is 0 Å². The Morgan fingerprint density at radius 2 is 1.84 bits per heavy atom. The van der Waals surface area contributed by atoms with E-state index >= 15 is 0 Å². The molecule has 2 unspecified atom stereocenters. The number of Topliss-reactive ketones (excluding diaryl/α,β-unsaturated/α-hetero) is 2. The zero-order valence-corrected chi connectivity index (χ0v) is 18.4. The fourth-order valence-electron chi connectivity index (χ4n) is 6.77. The van der Waals surface area contributed by atoms with E-state index in [-0.39, 0.29) is 27.4 Å². The summed E-state index contributed by atoms with van der Waals surface area (Å²) in [5, 5.41) is 0. The third-order valence-electron chi connectivity index (χ3n) is 8.36. The van der Waals surface area contributed by atoms with Crippen LogP contribution in [0.3, 0.4) is 0 Å². The molecule has 0 saturated heterocycles. The Labute approximate surface area is 167 Å². The molecule has 3 fully saturated rings. The summed E-state index contributed by atoms with van der Waals surface area (Å²) in [6.07, 6.45) is 4.79. The minimum atomic E-state index is -0.152. The standard InChI is InChI=1S/C21H26Br2O2/c1-10-9-12-13-5-6-15(24)20(13,3)8-7-14(12)21(4)11(2)17(22)19(25)18(23)16(10)21/h11-14,17H,1,5-9H2,2-4H3/t11?,12-,13-,14+,17?,20-,21+/m0/s1. The molecule has 0 amide bonds. The van der Waals surface area contributed by atoms with E-state index in [0.717, 1.165) is 47.7 Å². The lowest BCUT2D eigenvalue weighted by Gasteiger charge is -2.60. The fraction of sp³-hybridized carbons (Fsp3) is 0.714. The Morgan fingerprint density at radius 3 is 2.52 bits per heavy atom. The van der Waals surface area contributed by atoms with Gasteiger partial charge in [-0.15, -0.1) is 0 Å². The van der Waals surface area contributed by atoms with Gasteiger partial charge in [0, 0.05) is 17.3 Å². The highest BCUT2D eigenvalue weighted by Gasteiger charge is 2.62. The van der Waals surface area contributed by atoms with Crippen LogP contribution in [0.4, 0.5) is 0 Å². The molecule has 0 heterocycles. The largest absolute Gasteiger partial charge is 0.299 e. The van der Waals surface area contributed by atoms with Crippen LogP contribution in [0.5, 0.6) is 0 Å². The maximum absolute atomic E-state index is 12.7. The quantitative estimate of drug-likeness (QED) is 0.433. The van der Waals surface area contributed by atoms with Gasteiger partial charge in [-0.3, -0.25) is 9.59 Å². The lowest BCUT2D eigenvalue weighted by Crippen LogP contribution is -2.56. The molecule has 4 aliphatic carbocycles. The highest BCUT2D eigenvalue weighted by Crippen LogP contribution is 2.67. The summed E-state index contributed by atoms with van der Waals surface area (Å²) in [6.45, 7) is 11.2. The fourth-order valence-corrected chi connectivity index (χ4v) is 8.81. The molecule has 4 rings (SSSR count). The number of alkyl halides is 1. The average molecular weight is 470 g/mol. The smallest absolute Gasteiger partial charge is 0.183 e. The number of hydrogen-bond donors (Lipinski definition) is 0. The first-order chi connectivity index (χ1) is 11.6. The molecule has 4 aliphatic rings. The van der Waals surface area contributed by atoms with Crippen molar-refractivity contribution in [1.29, 1.82) is 0 Å². The Balaban J connectivity index is 1.85. The maximum atomic E-state index is 12.7. The first-order valence-electron chi connectivity index (χ1n) is 9.44. The van der Waals surface area contributed by atoms with Gasteiger partial charge >= 0.3 is 0 Å². The summed E-state index contributed by atoms with van der Waals surface area (Å²) < 4.78 is 0.731. The zero-order chi connectivity index (χ0) is 18.3. The summed E-state index contributed by atoms with van der Waals surface area (Å²) in [7, 11) is 0. The molecule has 0 N–H and O–H groups in total. The van der Waals surface area contributed by atoms with Crippen LogP contribution < -0.4 is 0 Å². The van der Waals surface area contributed by atoms with Gasteiger partial charge in [-0.2, -0.15) is 0 Å². The Morgan fingerprint density at radius 1 is 1.16 bits per heavy atom. The maximum Gasteiger partial charge on any atom is 0.183 e. The van der Waals surface area contributed by atoms with E-state index in [1.165, 1.54) is 0 Å². The van der Waals surface area contributed by atoms with E-state index < -0.39 is 0 Å². The van der Waals surface area contributed by atoms with Gasteiger partial charge in [0.2, 0.25) is 0 Å². The van der Waals surface area contributed by atoms with Crippen molar-refractivity contribution in [2.24, 2.45) is 34.5 Å². The van der Waals surface area contributed by atoms with Crippen molar-refractivity contribution in [1.82, 2.24) is 0 Å². The summed E-state index contributed by atoms with van der Waals surface area (Å²) in [5.41, 5.74) is 2.08. The molecule has 3 saturated carbocycles. The highest BCUT2D eigenvalue weighted by atomic mass is 79.9. The van der Waals surface area contributed by atoms with Crippen molar-refractivity contribution < 1.29 is 9.59 Å². The Bertz CT molecular complexity index is 723. The minimum absolute atomic E-state index is 0.0616. The molecule has 0 aliphatic heterocycles. The van der Waals surface area contributed by atoms with Crippen molar-refractivity contribution >= 4 is 43.4 Å². The van der Waals surface area contributed by atoms with Crippen LogP contribution in [0.1, 0.15) is 52.9 Å². The second kappa shape index (κ2) is 5.64. The van der Waals surface area contributed by atoms with Gasteiger partial charge in [0.25, 0.3) is 0 Å². The average Bonchev–Trinajstić information content (AvgIpc) is 2.87. The second-order valence-electron chi connectivity index (χ2n) is 9.13. The highest BCUT2D eigenvalue weighted by molar-refractivity contribution is 9.12. The molecule has 0 aromatic rings. The summed E-state index contributed by atoms with van der Waals surface area (Å²) in [6, 6.07) is 0. The summed E-state index contributed by atoms with van der Waals surface area (Å²) in [4.78, 5) is 25.1. The van der Waals surface area contributed by atoms with E-state index in [2.05, 4.69) is 59.2 Å². The predicted octanol–water partition coefficient (Wildman–Crippen LogP) is 5.60. The first-order valence-corrected chi connectivity index (χ1v) is 11.1. The summed E-state index contributed by atoms with van der Waals surface area (Å²) in [5.74, 6) is 2.36. The Kier molecular flexibility index (Phi) is 4.10. The number of carbonyl (C=O) groups is 2. The number of rotatable bonds is 0. The number of carbonyl (C=O) groups excluding carboxylic acids is 2. The van der Waals surface area contributed by atoms with E-state index in [9.17, 15) is 9.59 Å². The number of ketones is 2. The molecule has 7 atom stereocenters. The molecular weight excluding hydrogens is 444 g/mol. The second-order valence-corrected chi connectivity index (χ2v) is 10.9. The van der Waals surface area contributed by atoms with Crippen LogP contribution in [0.2, 0.25) is 0 Å². The van der Waals surface area contributed by atoms with Crippen LogP contribution in [-0.2, 0) is 9.59 Å². The van der Waals surface area contributed by atoms with Crippen LogP contribution in [0.15, 0.2) is 22.2 Å². The molecule has 0 radical (unpaired) electrons. The van der Waals surface area contributed by atoms with Gasteiger partial charge in [0.15, 0.2) is 5.78 Å². The van der Waals surface area contributed by atoms with Crippen molar-refractivity contribution in [3.05, 3.63) is 22.2 Å². The lowest BCUT2D eigenvalue weighted by atomic mass is 9.44. The zero-order valence-electron chi connectivity index (χ0n) is 15.2. The van der Waals surface area contributed by atoms with Crippen molar-refractivity contribution in [2.45, 2.75) is 57.7 Å². The van der Waals surface area contributed by atoms with E-state index in [0.29, 0.717) is 23.5 Å². The van der Waals surface area contributed by atoms with Gasteiger partial charge < -0.3 is 0 Å². The van der Waals surface area contributed by atoms with E-state index in [1.807, 2.05) is 0 Å². The third kappa shape index (κ3) is 2.13. The van der Waals surface area contributed by atoms with E-state index in [1.54, 1.807) is 0 Å². The van der Waals surface area contributed by atoms with Gasteiger partial charge in [0.05, 0.1) is 9.31 Å². The van der Waals surface area contributed by atoms with Crippen molar-refractivity contribution in [2.75, 3.05) is 0 Å². The van der Waals surface area contributed by atoms with Gasteiger partial charge in [-0.1, -0.05) is 43.3 Å². The third-order valence-corrected chi connectivity index (χ3v) is 10.4. The van der Waals surface area contributed by atoms with Crippen molar-refractivity contribution in [3.8, 4) is 0 Å². The number of halogens is 2. The molecule has 2 nitrogen and oxygen atoms in total. The van der Waals surface area contributed by atoms with Crippen LogP contribution in [0.25, 0.3) is 0 Å². The number of fused-ring (bicyclic) bond motifs is 5. The molecule has 25 heavy (non-hydrogen) atoms. The monoisotopic (exact) mass is 468 g/mol. The van der Waals surface area contributed by atoms with Crippen LogP contribution in [-0.4, -0.2) is 16.4 Å². The normalized spacial score (nSPS) is 49.8. The first kappa shape index (κ1) is 18.2. The Hall–Kier alpha value is -0.220. The molecule has 0 spiro atoms. The summed E-state index contributed by atoms with van der Waals surface area (Å²) >= 11 is 7.29. The molecule has 0 bridgehead atoms. The van der Waals surface area contributed by atoms with Crippen LogP contribution in [0, 0.1) is 34.5 Å². The lowest BCUT2D eigenvalue weighted by molar-refractivity contribution is -0.132. The molecule has 4 heteroatoms.